The van der Waals surface area contributed by atoms with Crippen molar-refractivity contribution in [3.05, 3.63) is 69.2 Å². The van der Waals surface area contributed by atoms with Gasteiger partial charge in [0.05, 0.1) is 17.4 Å². The first-order valence-electron chi connectivity index (χ1n) is 12.7. The SMILES string of the molecule is CCCCCN(C)/C=C\c1cc(-c2ncc(C3CC3)c(N)n2)c(F)cc1C=O.Nc1cn[nH]c(=O)c1C(F)(F)F. The molecule has 2 heterocycles. The minimum atomic E-state index is -4.74. The van der Waals surface area contributed by atoms with Gasteiger partial charge in [-0.15, -0.1) is 0 Å². The fourth-order valence-electron chi connectivity index (χ4n) is 3.86. The lowest BCUT2D eigenvalue weighted by Gasteiger charge is -2.14. The van der Waals surface area contributed by atoms with E-state index in [-0.39, 0.29) is 11.4 Å². The molecule has 0 saturated heterocycles. The first-order chi connectivity index (χ1) is 19.0. The van der Waals surface area contributed by atoms with Gasteiger partial charge in [0.1, 0.15) is 17.2 Å². The van der Waals surface area contributed by atoms with E-state index in [1.807, 2.05) is 19.3 Å². The number of nitrogen functional groups attached to an aromatic ring is 2. The smallest absolute Gasteiger partial charge is 0.397 e. The van der Waals surface area contributed by atoms with E-state index in [4.69, 9.17) is 11.5 Å². The summed E-state index contributed by atoms with van der Waals surface area (Å²) in [5.74, 6) is 0.536. The van der Waals surface area contributed by atoms with E-state index in [1.165, 1.54) is 12.5 Å². The summed E-state index contributed by atoms with van der Waals surface area (Å²) < 4.78 is 50.5. The number of H-pyrrole nitrogens is 1. The minimum Gasteiger partial charge on any atom is -0.397 e. The molecule has 1 saturated carbocycles. The molecule has 9 nitrogen and oxygen atoms in total. The zero-order valence-electron chi connectivity index (χ0n) is 22.1. The van der Waals surface area contributed by atoms with Crippen LogP contribution in [-0.4, -0.2) is 44.9 Å². The summed E-state index contributed by atoms with van der Waals surface area (Å²) in [7, 11) is 1.98. The first-order valence-corrected chi connectivity index (χ1v) is 12.7. The molecule has 0 unspecified atom stereocenters. The average molecular weight is 562 g/mol. The third-order valence-corrected chi connectivity index (χ3v) is 6.20. The number of aromatic nitrogens is 4. The summed E-state index contributed by atoms with van der Waals surface area (Å²) in [5.41, 5.74) is 9.64. The number of benzene rings is 1. The van der Waals surface area contributed by atoms with Crippen LogP contribution in [0.3, 0.4) is 0 Å². The van der Waals surface area contributed by atoms with Crippen LogP contribution in [0.4, 0.5) is 29.1 Å². The number of nitrogens with zero attached hydrogens (tertiary/aromatic N) is 4. The lowest BCUT2D eigenvalue weighted by molar-refractivity contribution is -0.138. The Balaban J connectivity index is 0.000000307. The second-order valence-corrected chi connectivity index (χ2v) is 9.42. The number of nitrogens with two attached hydrogens (primary N) is 2. The Bertz CT molecular complexity index is 1420. The molecule has 214 valence electrons. The maximum Gasteiger partial charge on any atom is 0.423 e. The molecular weight excluding hydrogens is 530 g/mol. The van der Waals surface area contributed by atoms with Crippen LogP contribution in [0.5, 0.6) is 0 Å². The number of unbranched alkanes of at least 4 members (excludes halogenated alkanes) is 2. The van der Waals surface area contributed by atoms with E-state index in [0.717, 1.165) is 44.0 Å². The van der Waals surface area contributed by atoms with Gasteiger partial charge >= 0.3 is 6.18 Å². The van der Waals surface area contributed by atoms with E-state index in [1.54, 1.807) is 17.4 Å². The average Bonchev–Trinajstić information content (AvgIpc) is 3.73. The molecule has 0 amide bonds. The van der Waals surface area contributed by atoms with Gasteiger partial charge < -0.3 is 16.4 Å². The molecule has 0 atom stereocenters. The Hall–Kier alpha value is -4.29. The Labute approximate surface area is 228 Å². The molecule has 1 aromatic carbocycles. The Morgan fingerprint density at radius 3 is 2.42 bits per heavy atom. The fourth-order valence-corrected chi connectivity index (χ4v) is 3.86. The molecular formula is C27H31F4N7O2. The fraction of sp³-hybridized carbons (Fsp3) is 0.370. The number of carbonyl (C=O) groups is 1. The number of carbonyl (C=O) groups excluding carboxylic acids is 1. The minimum absolute atomic E-state index is 0.239. The van der Waals surface area contributed by atoms with Crippen LogP contribution in [-0.2, 0) is 6.18 Å². The standard InChI is InChI=1S/C22H27FN4O.C5H4F3N3O/c1-3-4-5-9-27(2)10-8-16-11-18(20(23)12-17(16)14-28)22-25-13-19(15-6-7-15)21(24)26-22;6-5(7,8)3-2(9)1-10-11-4(3)12/h8,10-15H,3-7,9H2,1-2H3,(H2,24,25,26);1H,(H3,9,11,12)/b10-8-;. The number of hydrogen-bond acceptors (Lipinski definition) is 8. The molecule has 2 aromatic heterocycles. The van der Waals surface area contributed by atoms with Crippen molar-refractivity contribution in [3.8, 4) is 11.4 Å². The van der Waals surface area contributed by atoms with Gasteiger partial charge in [-0.3, -0.25) is 9.59 Å². The van der Waals surface area contributed by atoms with E-state index >= 15 is 0 Å². The van der Waals surface area contributed by atoms with Crippen LogP contribution >= 0.6 is 0 Å². The number of aldehydes is 1. The maximum atomic E-state index is 14.6. The predicted octanol–water partition coefficient (Wildman–Crippen LogP) is 5.02. The zero-order chi connectivity index (χ0) is 29.4. The molecule has 13 heteroatoms. The third-order valence-electron chi connectivity index (χ3n) is 6.20. The molecule has 1 aliphatic carbocycles. The van der Waals surface area contributed by atoms with Gasteiger partial charge in [0, 0.05) is 30.9 Å². The molecule has 0 aliphatic heterocycles. The van der Waals surface area contributed by atoms with Crippen molar-refractivity contribution in [1.29, 1.82) is 0 Å². The van der Waals surface area contributed by atoms with E-state index in [0.29, 0.717) is 29.1 Å². The van der Waals surface area contributed by atoms with Crippen LogP contribution in [0.1, 0.15) is 72.0 Å². The number of hydrogen-bond donors (Lipinski definition) is 3. The number of anilines is 2. The Morgan fingerprint density at radius 2 is 1.88 bits per heavy atom. The van der Waals surface area contributed by atoms with Gasteiger partial charge in [-0.25, -0.2) is 19.5 Å². The zero-order valence-corrected chi connectivity index (χ0v) is 22.1. The molecule has 1 aliphatic rings. The maximum absolute atomic E-state index is 14.6. The highest BCUT2D eigenvalue weighted by Gasteiger charge is 2.36. The normalized spacial score (nSPS) is 13.2. The highest BCUT2D eigenvalue weighted by atomic mass is 19.4. The van der Waals surface area contributed by atoms with Gasteiger partial charge in [0.15, 0.2) is 12.1 Å². The molecule has 3 aromatic rings. The summed E-state index contributed by atoms with van der Waals surface area (Å²) in [6, 6.07) is 2.84. The largest absolute Gasteiger partial charge is 0.423 e. The molecule has 4 rings (SSSR count). The quantitative estimate of drug-likeness (QED) is 0.188. The van der Waals surface area contributed by atoms with Crippen molar-refractivity contribution < 1.29 is 22.4 Å². The van der Waals surface area contributed by atoms with Crippen molar-refractivity contribution in [2.75, 3.05) is 25.1 Å². The van der Waals surface area contributed by atoms with Gasteiger partial charge in [-0.05, 0) is 55.2 Å². The molecule has 1 fully saturated rings. The summed E-state index contributed by atoms with van der Waals surface area (Å²) in [4.78, 5) is 32.7. The lowest BCUT2D eigenvalue weighted by atomic mass is 10.0. The second kappa shape index (κ2) is 13.2. The number of nitrogens with one attached hydrogen (secondary N) is 1. The monoisotopic (exact) mass is 561 g/mol. The summed E-state index contributed by atoms with van der Waals surface area (Å²) in [5, 5.41) is 4.74. The van der Waals surface area contributed by atoms with E-state index in [9.17, 15) is 27.2 Å². The van der Waals surface area contributed by atoms with Crippen molar-refractivity contribution >= 4 is 23.9 Å². The van der Waals surface area contributed by atoms with Crippen LogP contribution in [0, 0.1) is 5.82 Å². The van der Waals surface area contributed by atoms with Gasteiger partial charge in [-0.1, -0.05) is 19.8 Å². The molecule has 40 heavy (non-hydrogen) atoms. The molecule has 0 radical (unpaired) electrons. The topological polar surface area (TPSA) is 144 Å². The predicted molar refractivity (Wildman–Crippen MR) is 145 cm³/mol. The van der Waals surface area contributed by atoms with E-state index in [2.05, 4.69) is 26.9 Å². The Morgan fingerprint density at radius 1 is 1.15 bits per heavy atom. The first kappa shape index (κ1) is 30.3. The van der Waals surface area contributed by atoms with Gasteiger partial charge in [0.2, 0.25) is 0 Å². The summed E-state index contributed by atoms with van der Waals surface area (Å²) >= 11 is 0. The van der Waals surface area contributed by atoms with Crippen molar-refractivity contribution in [2.45, 2.75) is 51.1 Å². The van der Waals surface area contributed by atoms with Crippen LogP contribution in [0.15, 0.2) is 35.5 Å². The van der Waals surface area contributed by atoms with Crippen molar-refractivity contribution in [1.82, 2.24) is 25.1 Å². The van der Waals surface area contributed by atoms with Gasteiger partial charge in [-0.2, -0.15) is 18.3 Å². The van der Waals surface area contributed by atoms with Crippen molar-refractivity contribution in [2.24, 2.45) is 0 Å². The number of aromatic amines is 1. The molecule has 5 N–H and O–H groups in total. The van der Waals surface area contributed by atoms with Crippen LogP contribution < -0.4 is 17.0 Å². The highest BCUT2D eigenvalue weighted by molar-refractivity contribution is 5.84. The number of alkyl halides is 3. The second-order valence-electron chi connectivity index (χ2n) is 9.42. The van der Waals surface area contributed by atoms with E-state index < -0.39 is 28.8 Å². The number of rotatable bonds is 9. The van der Waals surface area contributed by atoms with Crippen LogP contribution in [0.2, 0.25) is 0 Å². The van der Waals surface area contributed by atoms with Gasteiger partial charge in [0.25, 0.3) is 5.56 Å². The Kier molecular flexibility index (Phi) is 9.97. The molecule has 0 spiro atoms. The summed E-state index contributed by atoms with van der Waals surface area (Å²) in [6.45, 7) is 3.09. The highest BCUT2D eigenvalue weighted by Crippen LogP contribution is 2.42. The van der Waals surface area contributed by atoms with Crippen LogP contribution in [0.25, 0.3) is 17.5 Å². The third kappa shape index (κ3) is 7.87. The van der Waals surface area contributed by atoms with Crippen molar-refractivity contribution in [3.63, 3.8) is 0 Å². The number of halogens is 4. The summed E-state index contributed by atoms with van der Waals surface area (Å²) in [6.07, 6.45) is 7.72. The lowest BCUT2D eigenvalue weighted by Crippen LogP contribution is -2.24. The molecule has 0 bridgehead atoms.